The molecule has 28 heavy (non-hydrogen) atoms. The lowest BCUT2D eigenvalue weighted by Crippen LogP contribution is -2.36. The SMILES string of the molecule is COc1cc(NC(=O)N(CCc2ccccc2)Cc2ccco2)cc(OC)c1. The number of furan rings is 1. The molecule has 1 aromatic heterocycles. The van der Waals surface area contributed by atoms with Gasteiger partial charge in [-0.15, -0.1) is 0 Å². The second kappa shape index (κ2) is 9.50. The van der Waals surface area contributed by atoms with Gasteiger partial charge in [0, 0.05) is 30.4 Å². The van der Waals surface area contributed by atoms with E-state index in [2.05, 4.69) is 17.4 Å². The molecule has 1 N–H and O–H groups in total. The Bertz CT molecular complexity index is 857. The molecule has 146 valence electrons. The maximum absolute atomic E-state index is 13.0. The number of benzene rings is 2. The molecule has 1 heterocycles. The van der Waals surface area contributed by atoms with Gasteiger partial charge in [-0.3, -0.25) is 0 Å². The van der Waals surface area contributed by atoms with Crippen LogP contribution in [0.2, 0.25) is 0 Å². The van der Waals surface area contributed by atoms with E-state index in [0.29, 0.717) is 30.3 Å². The number of hydrogen-bond acceptors (Lipinski definition) is 4. The number of ether oxygens (including phenoxy) is 2. The van der Waals surface area contributed by atoms with Crippen molar-refractivity contribution in [1.82, 2.24) is 4.90 Å². The minimum absolute atomic E-state index is 0.220. The van der Waals surface area contributed by atoms with E-state index in [-0.39, 0.29) is 6.03 Å². The van der Waals surface area contributed by atoms with Crippen LogP contribution in [0, 0.1) is 0 Å². The van der Waals surface area contributed by atoms with Crippen molar-refractivity contribution >= 4 is 11.7 Å². The summed E-state index contributed by atoms with van der Waals surface area (Å²) >= 11 is 0. The van der Waals surface area contributed by atoms with E-state index in [0.717, 1.165) is 12.2 Å². The summed E-state index contributed by atoms with van der Waals surface area (Å²) in [4.78, 5) is 14.7. The normalized spacial score (nSPS) is 10.4. The highest BCUT2D eigenvalue weighted by Gasteiger charge is 2.16. The van der Waals surface area contributed by atoms with Crippen LogP contribution in [0.3, 0.4) is 0 Å². The van der Waals surface area contributed by atoms with E-state index < -0.39 is 0 Å². The summed E-state index contributed by atoms with van der Waals surface area (Å²) in [6, 6.07) is 18.8. The Balaban J connectivity index is 1.73. The van der Waals surface area contributed by atoms with Crippen molar-refractivity contribution in [2.75, 3.05) is 26.1 Å². The highest BCUT2D eigenvalue weighted by Crippen LogP contribution is 2.26. The monoisotopic (exact) mass is 380 g/mol. The summed E-state index contributed by atoms with van der Waals surface area (Å²) in [6.07, 6.45) is 2.35. The Labute approximate surface area is 164 Å². The van der Waals surface area contributed by atoms with Gasteiger partial charge in [-0.2, -0.15) is 0 Å². The molecule has 6 nitrogen and oxygen atoms in total. The Morgan fingerprint density at radius 3 is 2.32 bits per heavy atom. The van der Waals surface area contributed by atoms with Crippen LogP contribution in [-0.2, 0) is 13.0 Å². The van der Waals surface area contributed by atoms with Crippen LogP contribution in [0.15, 0.2) is 71.3 Å². The number of nitrogens with zero attached hydrogens (tertiary/aromatic N) is 1. The number of carbonyl (C=O) groups excluding carboxylic acids is 1. The molecule has 0 aliphatic rings. The quantitative estimate of drug-likeness (QED) is 0.622. The summed E-state index contributed by atoms with van der Waals surface area (Å²) in [5.74, 6) is 1.94. The van der Waals surface area contributed by atoms with Gasteiger partial charge in [0.15, 0.2) is 0 Å². The third-order valence-electron chi connectivity index (χ3n) is 4.33. The third kappa shape index (κ3) is 5.30. The highest BCUT2D eigenvalue weighted by atomic mass is 16.5. The Morgan fingerprint density at radius 2 is 1.71 bits per heavy atom. The fraction of sp³-hybridized carbons (Fsp3) is 0.227. The molecule has 0 atom stereocenters. The first kappa shape index (κ1) is 19.4. The van der Waals surface area contributed by atoms with Crippen molar-refractivity contribution < 1.29 is 18.7 Å². The van der Waals surface area contributed by atoms with Crippen LogP contribution in [0.4, 0.5) is 10.5 Å². The van der Waals surface area contributed by atoms with Gasteiger partial charge in [0.05, 0.1) is 27.0 Å². The molecule has 2 amide bonds. The molecule has 0 aliphatic carbocycles. The topological polar surface area (TPSA) is 63.9 Å². The Hall–Kier alpha value is -3.41. The minimum atomic E-state index is -0.220. The number of hydrogen-bond donors (Lipinski definition) is 1. The first-order chi connectivity index (χ1) is 13.7. The zero-order valence-electron chi connectivity index (χ0n) is 16.1. The molecule has 0 aliphatic heterocycles. The van der Waals surface area contributed by atoms with Gasteiger partial charge in [0.2, 0.25) is 0 Å². The number of nitrogens with one attached hydrogen (secondary N) is 1. The fourth-order valence-corrected chi connectivity index (χ4v) is 2.83. The molecule has 0 radical (unpaired) electrons. The number of methoxy groups -OCH3 is 2. The summed E-state index contributed by atoms with van der Waals surface area (Å²) in [7, 11) is 3.15. The summed E-state index contributed by atoms with van der Waals surface area (Å²) < 4.78 is 16.0. The second-order valence-corrected chi connectivity index (χ2v) is 6.27. The smallest absolute Gasteiger partial charge is 0.322 e. The average Bonchev–Trinajstić information content (AvgIpc) is 3.24. The predicted octanol–water partition coefficient (Wildman–Crippen LogP) is 4.57. The van der Waals surface area contributed by atoms with Gasteiger partial charge >= 0.3 is 6.03 Å². The summed E-state index contributed by atoms with van der Waals surface area (Å²) in [5, 5.41) is 2.93. The standard InChI is InChI=1S/C22H24N2O4/c1-26-20-13-18(14-21(15-20)27-2)23-22(25)24(16-19-9-6-12-28-19)11-10-17-7-4-3-5-8-17/h3-9,12-15H,10-11,16H2,1-2H3,(H,23,25). The van der Waals surface area contributed by atoms with E-state index in [1.165, 1.54) is 5.56 Å². The molecular formula is C22H24N2O4. The Morgan fingerprint density at radius 1 is 1.00 bits per heavy atom. The molecule has 0 saturated heterocycles. The third-order valence-corrected chi connectivity index (χ3v) is 4.33. The van der Waals surface area contributed by atoms with Crippen LogP contribution in [-0.4, -0.2) is 31.7 Å². The molecule has 3 aromatic rings. The van der Waals surface area contributed by atoms with Gasteiger partial charge in [0.1, 0.15) is 17.3 Å². The van der Waals surface area contributed by atoms with Gasteiger partial charge in [-0.1, -0.05) is 30.3 Å². The van der Waals surface area contributed by atoms with Crippen molar-refractivity contribution in [2.24, 2.45) is 0 Å². The lowest BCUT2D eigenvalue weighted by atomic mass is 10.1. The maximum Gasteiger partial charge on any atom is 0.322 e. The van der Waals surface area contributed by atoms with Crippen molar-refractivity contribution in [1.29, 1.82) is 0 Å². The molecule has 0 fully saturated rings. The number of anilines is 1. The number of carbonyl (C=O) groups is 1. The highest BCUT2D eigenvalue weighted by molar-refractivity contribution is 5.89. The van der Waals surface area contributed by atoms with Crippen molar-refractivity contribution in [3.63, 3.8) is 0 Å². The zero-order chi connectivity index (χ0) is 19.8. The van der Waals surface area contributed by atoms with Gasteiger partial charge < -0.3 is 24.1 Å². The van der Waals surface area contributed by atoms with Gasteiger partial charge in [-0.25, -0.2) is 4.79 Å². The first-order valence-electron chi connectivity index (χ1n) is 9.03. The van der Waals surface area contributed by atoms with Crippen LogP contribution >= 0.6 is 0 Å². The number of urea groups is 1. The largest absolute Gasteiger partial charge is 0.497 e. The maximum atomic E-state index is 13.0. The molecule has 2 aromatic carbocycles. The van der Waals surface area contributed by atoms with E-state index in [1.54, 1.807) is 43.6 Å². The van der Waals surface area contributed by atoms with Gasteiger partial charge in [0.25, 0.3) is 0 Å². The molecule has 3 rings (SSSR count). The Kier molecular flexibility index (Phi) is 6.57. The molecule has 0 spiro atoms. The van der Waals surface area contributed by atoms with Crippen LogP contribution in [0.25, 0.3) is 0 Å². The van der Waals surface area contributed by atoms with Crippen LogP contribution < -0.4 is 14.8 Å². The molecule has 0 bridgehead atoms. The molecular weight excluding hydrogens is 356 g/mol. The number of rotatable bonds is 8. The molecule has 6 heteroatoms. The zero-order valence-corrected chi connectivity index (χ0v) is 16.1. The molecule has 0 unspecified atom stereocenters. The van der Waals surface area contributed by atoms with Crippen LogP contribution in [0.1, 0.15) is 11.3 Å². The van der Waals surface area contributed by atoms with Crippen molar-refractivity contribution in [3.05, 3.63) is 78.3 Å². The van der Waals surface area contributed by atoms with E-state index in [1.807, 2.05) is 30.3 Å². The van der Waals surface area contributed by atoms with Crippen LogP contribution in [0.5, 0.6) is 11.5 Å². The van der Waals surface area contributed by atoms with E-state index >= 15 is 0 Å². The lowest BCUT2D eigenvalue weighted by molar-refractivity contribution is 0.205. The second-order valence-electron chi connectivity index (χ2n) is 6.27. The molecule has 0 saturated carbocycles. The summed E-state index contributed by atoms with van der Waals surface area (Å²) in [5.41, 5.74) is 1.77. The van der Waals surface area contributed by atoms with E-state index in [9.17, 15) is 4.79 Å². The van der Waals surface area contributed by atoms with Crippen molar-refractivity contribution in [2.45, 2.75) is 13.0 Å². The van der Waals surface area contributed by atoms with E-state index in [4.69, 9.17) is 13.9 Å². The predicted molar refractivity (Wildman–Crippen MR) is 108 cm³/mol. The lowest BCUT2D eigenvalue weighted by Gasteiger charge is -2.22. The fourth-order valence-electron chi connectivity index (χ4n) is 2.83. The summed E-state index contributed by atoms with van der Waals surface area (Å²) in [6.45, 7) is 0.935. The van der Waals surface area contributed by atoms with Gasteiger partial charge in [-0.05, 0) is 24.1 Å². The minimum Gasteiger partial charge on any atom is -0.497 e. The number of amides is 2. The average molecular weight is 380 g/mol. The first-order valence-corrected chi connectivity index (χ1v) is 9.03. The van der Waals surface area contributed by atoms with Crippen molar-refractivity contribution in [3.8, 4) is 11.5 Å².